The van der Waals surface area contributed by atoms with Gasteiger partial charge in [-0.2, -0.15) is 0 Å². The standard InChI is InChI=1S/C26H26ClN5O4/c1-18(34)32(11-13-33)12-14-35-24-7-4-6-22-25(24)26(30-17-29-22)31-19-8-9-23(21(27)15-19)36-16-20-5-2-3-10-28-20/h2-10,15,17,33H,11-14,16H2,1H3,(H,29,30,31). The summed E-state index contributed by atoms with van der Waals surface area (Å²) in [4.78, 5) is 26.2. The van der Waals surface area contributed by atoms with Crippen molar-refractivity contribution in [3.05, 3.63) is 77.8 Å². The van der Waals surface area contributed by atoms with Gasteiger partial charge in [-0.3, -0.25) is 9.78 Å². The Morgan fingerprint density at radius 1 is 1.03 bits per heavy atom. The van der Waals surface area contributed by atoms with Crippen LogP contribution >= 0.6 is 11.6 Å². The quantitative estimate of drug-likeness (QED) is 0.310. The Balaban J connectivity index is 1.49. The molecule has 0 aliphatic heterocycles. The predicted molar refractivity (Wildman–Crippen MR) is 138 cm³/mol. The molecule has 0 radical (unpaired) electrons. The predicted octanol–water partition coefficient (Wildman–Crippen LogP) is 4.22. The lowest BCUT2D eigenvalue weighted by atomic mass is 10.2. The maximum absolute atomic E-state index is 11.7. The summed E-state index contributed by atoms with van der Waals surface area (Å²) >= 11 is 6.47. The highest BCUT2D eigenvalue weighted by Crippen LogP contribution is 2.34. The van der Waals surface area contributed by atoms with Gasteiger partial charge in [0.1, 0.15) is 36.9 Å². The van der Waals surface area contributed by atoms with Gasteiger partial charge in [0.2, 0.25) is 5.91 Å². The maximum atomic E-state index is 11.7. The molecule has 4 aromatic rings. The summed E-state index contributed by atoms with van der Waals surface area (Å²) in [6.07, 6.45) is 3.19. The summed E-state index contributed by atoms with van der Waals surface area (Å²) in [6, 6.07) is 16.5. The second-order valence-electron chi connectivity index (χ2n) is 7.83. The molecule has 0 fully saturated rings. The number of anilines is 2. The van der Waals surface area contributed by atoms with Crippen LogP contribution in [-0.2, 0) is 11.4 Å². The first kappa shape index (κ1) is 25.2. The van der Waals surface area contributed by atoms with Gasteiger partial charge in [0.15, 0.2) is 0 Å². The summed E-state index contributed by atoms with van der Waals surface area (Å²) in [7, 11) is 0. The number of nitrogens with zero attached hydrogens (tertiary/aromatic N) is 4. The maximum Gasteiger partial charge on any atom is 0.219 e. The van der Waals surface area contributed by atoms with Crippen molar-refractivity contribution in [3.8, 4) is 11.5 Å². The van der Waals surface area contributed by atoms with Crippen molar-refractivity contribution in [1.29, 1.82) is 0 Å². The van der Waals surface area contributed by atoms with Crippen LogP contribution in [0.1, 0.15) is 12.6 Å². The van der Waals surface area contributed by atoms with E-state index in [1.807, 2.05) is 42.5 Å². The number of carbonyl (C=O) groups is 1. The number of hydrogen-bond donors (Lipinski definition) is 2. The second-order valence-corrected chi connectivity index (χ2v) is 8.24. The number of hydrogen-bond acceptors (Lipinski definition) is 8. The number of aromatic nitrogens is 3. The topological polar surface area (TPSA) is 110 Å². The van der Waals surface area contributed by atoms with Gasteiger partial charge in [-0.25, -0.2) is 9.97 Å². The fourth-order valence-corrected chi connectivity index (χ4v) is 3.81. The van der Waals surface area contributed by atoms with Crippen molar-refractivity contribution in [2.45, 2.75) is 13.5 Å². The van der Waals surface area contributed by atoms with Crippen molar-refractivity contribution in [3.63, 3.8) is 0 Å². The first-order valence-electron chi connectivity index (χ1n) is 11.4. The zero-order chi connectivity index (χ0) is 25.3. The third kappa shape index (κ3) is 6.38. The van der Waals surface area contributed by atoms with E-state index in [1.165, 1.54) is 18.2 Å². The minimum Gasteiger partial charge on any atom is -0.491 e. The largest absolute Gasteiger partial charge is 0.491 e. The summed E-state index contributed by atoms with van der Waals surface area (Å²) in [5.41, 5.74) is 2.22. The van der Waals surface area contributed by atoms with Crippen LogP contribution in [-0.4, -0.2) is 57.2 Å². The Morgan fingerprint density at radius 2 is 1.92 bits per heavy atom. The molecule has 10 heteroatoms. The molecule has 0 saturated carbocycles. The number of aliphatic hydroxyl groups is 1. The van der Waals surface area contributed by atoms with E-state index in [9.17, 15) is 4.79 Å². The first-order chi connectivity index (χ1) is 17.5. The van der Waals surface area contributed by atoms with Crippen molar-refractivity contribution in [2.24, 2.45) is 0 Å². The number of pyridine rings is 1. The molecule has 0 unspecified atom stereocenters. The third-order valence-corrected chi connectivity index (χ3v) is 5.65. The SMILES string of the molecule is CC(=O)N(CCO)CCOc1cccc2ncnc(Nc3ccc(OCc4ccccn4)c(Cl)c3)c12. The van der Waals surface area contributed by atoms with E-state index >= 15 is 0 Å². The number of benzene rings is 2. The molecule has 36 heavy (non-hydrogen) atoms. The Bertz CT molecular complexity index is 1320. The molecule has 4 rings (SSSR count). The Labute approximate surface area is 213 Å². The monoisotopic (exact) mass is 507 g/mol. The average molecular weight is 508 g/mol. The molecule has 186 valence electrons. The van der Waals surface area contributed by atoms with Gasteiger partial charge in [-0.05, 0) is 42.5 Å². The summed E-state index contributed by atoms with van der Waals surface area (Å²) in [5, 5.41) is 13.6. The Hall–Kier alpha value is -3.95. The zero-order valence-electron chi connectivity index (χ0n) is 19.7. The molecule has 2 N–H and O–H groups in total. The highest BCUT2D eigenvalue weighted by atomic mass is 35.5. The van der Waals surface area contributed by atoms with Crippen molar-refractivity contribution < 1.29 is 19.4 Å². The molecule has 0 saturated heterocycles. The van der Waals surface area contributed by atoms with E-state index in [2.05, 4.69) is 20.3 Å². The molecule has 2 aromatic carbocycles. The minimum atomic E-state index is -0.124. The number of ether oxygens (including phenoxy) is 2. The van der Waals surface area contributed by atoms with Gasteiger partial charge in [0.25, 0.3) is 0 Å². The number of amides is 1. The average Bonchev–Trinajstić information content (AvgIpc) is 2.88. The number of aliphatic hydroxyl groups excluding tert-OH is 1. The Kier molecular flexibility index (Phi) is 8.48. The van der Waals surface area contributed by atoms with Crippen LogP contribution in [0.25, 0.3) is 10.9 Å². The van der Waals surface area contributed by atoms with Gasteiger partial charge in [-0.1, -0.05) is 23.7 Å². The number of carbonyl (C=O) groups excluding carboxylic acids is 1. The molecular formula is C26H26ClN5O4. The number of rotatable bonds is 11. The van der Waals surface area contributed by atoms with Crippen LogP contribution in [0.5, 0.6) is 11.5 Å². The smallest absolute Gasteiger partial charge is 0.219 e. The molecule has 2 heterocycles. The number of halogens is 1. The van der Waals surface area contributed by atoms with E-state index in [4.69, 9.17) is 26.2 Å². The minimum absolute atomic E-state index is 0.106. The first-order valence-corrected chi connectivity index (χ1v) is 11.7. The number of fused-ring (bicyclic) bond motifs is 1. The van der Waals surface area contributed by atoms with Crippen LogP contribution in [0.3, 0.4) is 0 Å². The molecular weight excluding hydrogens is 482 g/mol. The second kappa shape index (κ2) is 12.1. The fourth-order valence-electron chi connectivity index (χ4n) is 3.57. The highest BCUT2D eigenvalue weighted by Gasteiger charge is 2.13. The molecule has 2 aromatic heterocycles. The molecule has 1 amide bonds. The molecule has 0 spiro atoms. The molecule has 9 nitrogen and oxygen atoms in total. The summed E-state index contributed by atoms with van der Waals surface area (Å²) < 4.78 is 11.8. The van der Waals surface area contributed by atoms with Crippen LogP contribution in [0, 0.1) is 0 Å². The lowest BCUT2D eigenvalue weighted by molar-refractivity contribution is -0.129. The normalized spacial score (nSPS) is 10.8. The number of nitrogens with one attached hydrogen (secondary N) is 1. The molecule has 0 bridgehead atoms. The van der Waals surface area contributed by atoms with Gasteiger partial charge in [0, 0.05) is 25.4 Å². The van der Waals surface area contributed by atoms with E-state index in [0.717, 1.165) is 5.69 Å². The van der Waals surface area contributed by atoms with Gasteiger partial charge >= 0.3 is 0 Å². The Morgan fingerprint density at radius 3 is 2.67 bits per heavy atom. The molecule has 0 aliphatic carbocycles. The van der Waals surface area contributed by atoms with Crippen molar-refractivity contribution >= 4 is 39.9 Å². The van der Waals surface area contributed by atoms with Crippen molar-refractivity contribution in [1.82, 2.24) is 19.9 Å². The third-order valence-electron chi connectivity index (χ3n) is 5.36. The van der Waals surface area contributed by atoms with E-state index < -0.39 is 0 Å². The molecule has 0 aliphatic rings. The van der Waals surface area contributed by atoms with E-state index in [0.29, 0.717) is 52.1 Å². The van der Waals surface area contributed by atoms with Crippen LogP contribution in [0.2, 0.25) is 5.02 Å². The fraction of sp³-hybridized carbons (Fsp3) is 0.231. The lowest BCUT2D eigenvalue weighted by Gasteiger charge is -2.20. The summed E-state index contributed by atoms with van der Waals surface area (Å²) in [6.45, 7) is 2.52. The van der Waals surface area contributed by atoms with E-state index in [-0.39, 0.29) is 25.7 Å². The molecule has 0 atom stereocenters. The van der Waals surface area contributed by atoms with Crippen molar-refractivity contribution in [2.75, 3.05) is 31.6 Å². The van der Waals surface area contributed by atoms with Crippen LogP contribution in [0.15, 0.2) is 67.1 Å². The van der Waals surface area contributed by atoms with Crippen LogP contribution in [0.4, 0.5) is 11.5 Å². The van der Waals surface area contributed by atoms with E-state index in [1.54, 1.807) is 18.3 Å². The highest BCUT2D eigenvalue weighted by molar-refractivity contribution is 6.32. The summed E-state index contributed by atoms with van der Waals surface area (Å²) in [5.74, 6) is 1.54. The van der Waals surface area contributed by atoms with Gasteiger partial charge < -0.3 is 24.8 Å². The van der Waals surface area contributed by atoms with Crippen LogP contribution < -0.4 is 14.8 Å². The lowest BCUT2D eigenvalue weighted by Crippen LogP contribution is -2.35. The van der Waals surface area contributed by atoms with Gasteiger partial charge in [-0.15, -0.1) is 0 Å². The van der Waals surface area contributed by atoms with Gasteiger partial charge in [0.05, 0.1) is 34.8 Å². The zero-order valence-corrected chi connectivity index (χ0v) is 20.5.